The summed E-state index contributed by atoms with van der Waals surface area (Å²) in [5.74, 6) is 0.473. The van der Waals surface area contributed by atoms with Crippen molar-refractivity contribution in [3.8, 4) is 0 Å². The summed E-state index contributed by atoms with van der Waals surface area (Å²) in [5, 5.41) is 9.29. The smallest absolute Gasteiger partial charge is 0.225 e. The van der Waals surface area contributed by atoms with Crippen molar-refractivity contribution in [2.45, 2.75) is 26.3 Å². The first kappa shape index (κ1) is 15.5. The number of hydrogen-bond acceptors (Lipinski definition) is 3. The Hall–Kier alpha value is -1.39. The van der Waals surface area contributed by atoms with Crippen molar-refractivity contribution >= 4 is 5.91 Å². The number of carbonyl (C=O) groups excluding carboxylic acids is 1. The molecule has 0 aromatic heterocycles. The van der Waals surface area contributed by atoms with E-state index in [2.05, 4.69) is 29.2 Å². The fourth-order valence-corrected chi connectivity index (χ4v) is 3.57. The third kappa shape index (κ3) is 3.33. The Morgan fingerprint density at radius 1 is 1.23 bits per heavy atom. The van der Waals surface area contributed by atoms with Crippen LogP contribution >= 0.6 is 0 Å². The summed E-state index contributed by atoms with van der Waals surface area (Å²) in [4.78, 5) is 16.8. The number of hydrogen-bond donors (Lipinski definition) is 1. The molecule has 2 fully saturated rings. The SMILES string of the molecule is CC1(CO)CN(C(=O)C2CCN(Cc3ccccc3)CC2)C1. The zero-order valence-corrected chi connectivity index (χ0v) is 13.4. The molecule has 1 amide bonds. The molecule has 120 valence electrons. The summed E-state index contributed by atoms with van der Waals surface area (Å²) >= 11 is 0. The summed E-state index contributed by atoms with van der Waals surface area (Å²) in [7, 11) is 0. The van der Waals surface area contributed by atoms with E-state index in [1.807, 2.05) is 17.9 Å². The standard InChI is InChI=1S/C18H26N2O2/c1-18(14-21)12-20(13-18)17(22)16-7-9-19(10-8-16)11-15-5-3-2-4-6-15/h2-6,16,21H,7-14H2,1H3. The number of nitrogens with zero attached hydrogens (tertiary/aromatic N) is 2. The summed E-state index contributed by atoms with van der Waals surface area (Å²) in [6, 6.07) is 10.5. The molecule has 0 spiro atoms. The molecule has 0 atom stereocenters. The Bertz CT molecular complexity index is 503. The highest BCUT2D eigenvalue weighted by Crippen LogP contribution is 2.32. The zero-order chi connectivity index (χ0) is 15.6. The number of carbonyl (C=O) groups is 1. The van der Waals surface area contributed by atoms with Gasteiger partial charge in [-0.2, -0.15) is 0 Å². The van der Waals surface area contributed by atoms with Gasteiger partial charge in [-0.05, 0) is 31.5 Å². The number of amides is 1. The summed E-state index contributed by atoms with van der Waals surface area (Å²) < 4.78 is 0. The van der Waals surface area contributed by atoms with Gasteiger partial charge in [0.15, 0.2) is 0 Å². The molecule has 0 unspecified atom stereocenters. The van der Waals surface area contributed by atoms with Crippen LogP contribution in [0.3, 0.4) is 0 Å². The van der Waals surface area contributed by atoms with E-state index in [9.17, 15) is 9.90 Å². The highest BCUT2D eigenvalue weighted by atomic mass is 16.3. The molecular formula is C18H26N2O2. The van der Waals surface area contributed by atoms with Gasteiger partial charge in [-0.1, -0.05) is 37.3 Å². The van der Waals surface area contributed by atoms with E-state index in [0.29, 0.717) is 19.0 Å². The Labute approximate surface area is 132 Å². The van der Waals surface area contributed by atoms with Gasteiger partial charge in [-0.15, -0.1) is 0 Å². The fraction of sp³-hybridized carbons (Fsp3) is 0.611. The van der Waals surface area contributed by atoms with Gasteiger partial charge in [0.1, 0.15) is 0 Å². The van der Waals surface area contributed by atoms with Crippen LogP contribution in [0.4, 0.5) is 0 Å². The lowest BCUT2D eigenvalue weighted by Crippen LogP contribution is -2.60. The molecule has 3 rings (SSSR count). The summed E-state index contributed by atoms with van der Waals surface area (Å²) in [5.41, 5.74) is 1.28. The second-order valence-electron chi connectivity index (χ2n) is 7.20. The maximum atomic E-state index is 12.5. The Morgan fingerprint density at radius 3 is 2.45 bits per heavy atom. The quantitative estimate of drug-likeness (QED) is 0.921. The van der Waals surface area contributed by atoms with Crippen LogP contribution in [0.2, 0.25) is 0 Å². The number of rotatable bonds is 4. The maximum Gasteiger partial charge on any atom is 0.225 e. The van der Waals surface area contributed by atoms with Crippen LogP contribution in [-0.4, -0.2) is 53.6 Å². The number of aliphatic hydroxyl groups is 1. The summed E-state index contributed by atoms with van der Waals surface area (Å²) in [6.07, 6.45) is 1.91. The minimum Gasteiger partial charge on any atom is -0.396 e. The van der Waals surface area contributed by atoms with Gasteiger partial charge >= 0.3 is 0 Å². The topological polar surface area (TPSA) is 43.8 Å². The monoisotopic (exact) mass is 302 g/mol. The number of piperidine rings is 1. The number of aliphatic hydroxyl groups excluding tert-OH is 1. The fourth-order valence-electron chi connectivity index (χ4n) is 3.57. The van der Waals surface area contributed by atoms with Gasteiger partial charge in [0.25, 0.3) is 0 Å². The summed E-state index contributed by atoms with van der Waals surface area (Å²) in [6.45, 7) is 6.62. The van der Waals surface area contributed by atoms with E-state index >= 15 is 0 Å². The molecule has 1 aromatic carbocycles. The molecular weight excluding hydrogens is 276 g/mol. The predicted octanol–water partition coefficient (Wildman–Crippen LogP) is 1.74. The molecule has 22 heavy (non-hydrogen) atoms. The van der Waals surface area contributed by atoms with Crippen LogP contribution in [-0.2, 0) is 11.3 Å². The maximum absolute atomic E-state index is 12.5. The second-order valence-corrected chi connectivity index (χ2v) is 7.20. The molecule has 2 aliphatic rings. The van der Waals surface area contributed by atoms with E-state index in [1.165, 1.54) is 5.56 Å². The Morgan fingerprint density at radius 2 is 1.86 bits per heavy atom. The van der Waals surface area contributed by atoms with Crippen LogP contribution < -0.4 is 0 Å². The molecule has 4 heteroatoms. The van der Waals surface area contributed by atoms with Crippen molar-refractivity contribution in [3.63, 3.8) is 0 Å². The van der Waals surface area contributed by atoms with Crippen LogP contribution in [0.1, 0.15) is 25.3 Å². The largest absolute Gasteiger partial charge is 0.396 e. The normalized spacial score (nSPS) is 22.4. The van der Waals surface area contributed by atoms with E-state index in [-0.39, 0.29) is 17.9 Å². The van der Waals surface area contributed by atoms with Crippen LogP contribution in [0.5, 0.6) is 0 Å². The van der Waals surface area contributed by atoms with Gasteiger partial charge in [0, 0.05) is 31.0 Å². The van der Waals surface area contributed by atoms with Crippen LogP contribution in [0.15, 0.2) is 30.3 Å². The highest BCUT2D eigenvalue weighted by Gasteiger charge is 2.42. The van der Waals surface area contributed by atoms with Crippen LogP contribution in [0, 0.1) is 11.3 Å². The van der Waals surface area contributed by atoms with Crippen molar-refractivity contribution < 1.29 is 9.90 Å². The molecule has 0 aliphatic carbocycles. The van der Waals surface area contributed by atoms with Gasteiger partial charge in [-0.25, -0.2) is 0 Å². The molecule has 2 saturated heterocycles. The van der Waals surface area contributed by atoms with Gasteiger partial charge in [0.2, 0.25) is 5.91 Å². The lowest BCUT2D eigenvalue weighted by molar-refractivity contribution is -0.150. The Kier molecular flexibility index (Phi) is 4.50. The third-order valence-corrected chi connectivity index (χ3v) is 5.02. The van der Waals surface area contributed by atoms with E-state index in [0.717, 1.165) is 32.5 Å². The van der Waals surface area contributed by atoms with Crippen molar-refractivity contribution in [2.24, 2.45) is 11.3 Å². The van der Waals surface area contributed by atoms with E-state index in [1.54, 1.807) is 0 Å². The molecule has 0 radical (unpaired) electrons. The first-order valence-electron chi connectivity index (χ1n) is 8.26. The third-order valence-electron chi connectivity index (χ3n) is 5.02. The van der Waals surface area contributed by atoms with Crippen molar-refractivity contribution in [1.82, 2.24) is 9.80 Å². The molecule has 1 N–H and O–H groups in total. The molecule has 4 nitrogen and oxygen atoms in total. The van der Waals surface area contributed by atoms with Gasteiger partial charge < -0.3 is 10.0 Å². The van der Waals surface area contributed by atoms with Gasteiger partial charge in [-0.3, -0.25) is 9.69 Å². The highest BCUT2D eigenvalue weighted by molar-refractivity contribution is 5.80. The van der Waals surface area contributed by atoms with Crippen LogP contribution in [0.25, 0.3) is 0 Å². The lowest BCUT2D eigenvalue weighted by Gasteiger charge is -2.48. The average molecular weight is 302 g/mol. The zero-order valence-electron chi connectivity index (χ0n) is 13.4. The first-order chi connectivity index (χ1) is 10.6. The van der Waals surface area contributed by atoms with E-state index in [4.69, 9.17) is 0 Å². The second kappa shape index (κ2) is 6.39. The number of benzene rings is 1. The Balaban J connectivity index is 1.45. The number of likely N-dealkylation sites (tertiary alicyclic amines) is 2. The molecule has 0 bridgehead atoms. The predicted molar refractivity (Wildman–Crippen MR) is 86.2 cm³/mol. The van der Waals surface area contributed by atoms with Crippen molar-refractivity contribution in [1.29, 1.82) is 0 Å². The molecule has 1 aromatic rings. The molecule has 0 saturated carbocycles. The van der Waals surface area contributed by atoms with Gasteiger partial charge in [0.05, 0.1) is 6.61 Å². The average Bonchev–Trinajstić information content (AvgIpc) is 2.53. The lowest BCUT2D eigenvalue weighted by atomic mass is 9.81. The van der Waals surface area contributed by atoms with Crippen molar-refractivity contribution in [3.05, 3.63) is 35.9 Å². The first-order valence-corrected chi connectivity index (χ1v) is 8.26. The molecule has 2 aliphatic heterocycles. The van der Waals surface area contributed by atoms with Crippen molar-refractivity contribution in [2.75, 3.05) is 32.8 Å². The van der Waals surface area contributed by atoms with E-state index < -0.39 is 0 Å². The minimum atomic E-state index is -0.0658. The minimum absolute atomic E-state index is 0.0658. The molecule has 2 heterocycles.